The lowest BCUT2D eigenvalue weighted by molar-refractivity contribution is 0.168. The number of rotatable bonds is 6. The molecule has 0 aliphatic carbocycles. The van der Waals surface area contributed by atoms with E-state index < -0.39 is 11.6 Å². The van der Waals surface area contributed by atoms with E-state index in [0.29, 0.717) is 11.8 Å². The van der Waals surface area contributed by atoms with Crippen LogP contribution in [0.5, 0.6) is 0 Å². The second-order valence-corrected chi connectivity index (χ2v) is 10.7. The predicted molar refractivity (Wildman–Crippen MR) is 130 cm³/mol. The molecule has 0 aliphatic heterocycles. The van der Waals surface area contributed by atoms with E-state index in [9.17, 15) is 4.79 Å². The average Bonchev–Trinajstić information content (AvgIpc) is 2.52. The first kappa shape index (κ1) is 30.6. The summed E-state index contributed by atoms with van der Waals surface area (Å²) in [4.78, 5) is 10.9. The van der Waals surface area contributed by atoms with Gasteiger partial charge in [-0.05, 0) is 61.5 Å². The molecule has 30 heavy (non-hydrogen) atoms. The summed E-state index contributed by atoms with van der Waals surface area (Å²) in [6.07, 6.45) is -0.210. The van der Waals surface area contributed by atoms with Gasteiger partial charge >= 0.3 is 6.09 Å². The van der Waals surface area contributed by atoms with Crippen LogP contribution in [0.25, 0.3) is 0 Å². The third-order valence-corrected chi connectivity index (χ3v) is 5.00. The Bertz CT molecular complexity index is 593. The summed E-state index contributed by atoms with van der Waals surface area (Å²) >= 11 is 0. The van der Waals surface area contributed by atoms with Crippen LogP contribution in [0.2, 0.25) is 0 Å². The van der Waals surface area contributed by atoms with Gasteiger partial charge in [0.2, 0.25) is 0 Å². The Morgan fingerprint density at radius 3 is 1.67 bits per heavy atom. The number of aliphatic hydroxyl groups excluding tert-OH is 1. The maximum absolute atomic E-state index is 10.9. The summed E-state index contributed by atoms with van der Waals surface area (Å²) in [6.45, 7) is 25.1. The Labute approximate surface area is 186 Å². The summed E-state index contributed by atoms with van der Waals surface area (Å²) in [6, 6.07) is 8.19. The van der Waals surface area contributed by atoms with Crippen LogP contribution in [0.4, 0.5) is 4.79 Å². The van der Waals surface area contributed by atoms with Crippen molar-refractivity contribution in [1.82, 2.24) is 5.32 Å². The van der Waals surface area contributed by atoms with E-state index in [1.807, 2.05) is 32.9 Å². The minimum absolute atomic E-state index is 0.0648. The van der Waals surface area contributed by atoms with Gasteiger partial charge in [-0.25, -0.2) is 4.79 Å². The predicted octanol–water partition coefficient (Wildman–Crippen LogP) is 7.20. The molecule has 1 aromatic rings. The summed E-state index contributed by atoms with van der Waals surface area (Å²) in [5, 5.41) is 20.2. The number of hydrogen-bond acceptors (Lipinski definition) is 2. The van der Waals surface area contributed by atoms with Gasteiger partial charge in [0, 0.05) is 0 Å². The number of hydrogen-bond donors (Lipinski definition) is 3. The van der Waals surface area contributed by atoms with E-state index in [1.54, 1.807) is 0 Å². The van der Waals surface area contributed by atoms with Gasteiger partial charge in [0.1, 0.15) is 0 Å². The van der Waals surface area contributed by atoms with Gasteiger partial charge in [-0.3, -0.25) is 0 Å². The summed E-state index contributed by atoms with van der Waals surface area (Å²) < 4.78 is 0. The van der Waals surface area contributed by atoms with E-state index in [2.05, 4.69) is 79.8 Å². The molecule has 0 heterocycles. The standard InChI is InChI=1S/C16H25NO2.C6H14O.C4H10/c1-11(2)15(3,4)12-8-7-9-13(10-12)16(5,6)17-14(18)19;1-5(2)4-6(3)7;1-4(2)3/h7-11,17H,1-6H3,(H,18,19);5-7H,4H2,1-3H3;4H,1-3H3. The topological polar surface area (TPSA) is 69.6 Å². The minimum atomic E-state index is -1.00. The maximum atomic E-state index is 10.9. The van der Waals surface area contributed by atoms with Crippen molar-refractivity contribution in [2.45, 2.75) is 107 Å². The lowest BCUT2D eigenvalue weighted by Crippen LogP contribution is -2.40. The highest BCUT2D eigenvalue weighted by molar-refractivity contribution is 5.66. The van der Waals surface area contributed by atoms with Crippen molar-refractivity contribution < 1.29 is 15.0 Å². The molecule has 4 heteroatoms. The molecule has 1 unspecified atom stereocenters. The third-order valence-electron chi connectivity index (χ3n) is 5.00. The van der Waals surface area contributed by atoms with Gasteiger partial charge in [-0.2, -0.15) is 0 Å². The number of benzene rings is 1. The number of carbonyl (C=O) groups is 1. The fourth-order valence-corrected chi connectivity index (χ4v) is 2.66. The van der Waals surface area contributed by atoms with Crippen molar-refractivity contribution in [2.24, 2.45) is 17.8 Å². The Morgan fingerprint density at radius 1 is 0.933 bits per heavy atom. The van der Waals surface area contributed by atoms with Crippen LogP contribution in [0, 0.1) is 17.8 Å². The molecule has 0 fully saturated rings. The quantitative estimate of drug-likeness (QED) is 0.453. The van der Waals surface area contributed by atoms with Crippen LogP contribution in [-0.4, -0.2) is 22.4 Å². The van der Waals surface area contributed by atoms with E-state index >= 15 is 0 Å². The molecule has 176 valence electrons. The fraction of sp³-hybridized carbons (Fsp3) is 0.731. The molecule has 0 aliphatic rings. The number of amides is 1. The Morgan fingerprint density at radius 2 is 1.37 bits per heavy atom. The molecule has 0 saturated carbocycles. The number of aliphatic hydroxyl groups is 1. The van der Waals surface area contributed by atoms with Gasteiger partial charge in [0.15, 0.2) is 0 Å². The normalized spacial score (nSPS) is 12.7. The largest absolute Gasteiger partial charge is 0.465 e. The second-order valence-electron chi connectivity index (χ2n) is 10.7. The lowest BCUT2D eigenvalue weighted by Gasteiger charge is -2.32. The first-order valence-electron chi connectivity index (χ1n) is 11.2. The van der Waals surface area contributed by atoms with Crippen molar-refractivity contribution in [3.8, 4) is 0 Å². The molecule has 4 nitrogen and oxygen atoms in total. The van der Waals surface area contributed by atoms with Crippen LogP contribution >= 0.6 is 0 Å². The summed E-state index contributed by atoms with van der Waals surface area (Å²) in [7, 11) is 0. The fourth-order valence-electron chi connectivity index (χ4n) is 2.66. The monoisotopic (exact) mass is 423 g/mol. The lowest BCUT2D eigenvalue weighted by atomic mass is 9.74. The van der Waals surface area contributed by atoms with Crippen LogP contribution in [0.15, 0.2) is 24.3 Å². The van der Waals surface area contributed by atoms with E-state index in [0.717, 1.165) is 17.9 Å². The van der Waals surface area contributed by atoms with Gasteiger partial charge in [0.05, 0.1) is 11.6 Å². The van der Waals surface area contributed by atoms with Crippen molar-refractivity contribution in [3.05, 3.63) is 35.4 Å². The highest BCUT2D eigenvalue weighted by Crippen LogP contribution is 2.33. The van der Waals surface area contributed by atoms with Crippen molar-refractivity contribution in [1.29, 1.82) is 0 Å². The third kappa shape index (κ3) is 13.6. The number of carboxylic acid groups (broad SMARTS) is 1. The highest BCUT2D eigenvalue weighted by atomic mass is 16.4. The SMILES string of the molecule is CC(C)C.CC(C)C(C)(C)c1cccc(C(C)(C)NC(=O)O)c1.CC(C)CC(C)O. The van der Waals surface area contributed by atoms with Gasteiger partial charge < -0.3 is 15.5 Å². The van der Waals surface area contributed by atoms with E-state index in [-0.39, 0.29) is 11.5 Å². The van der Waals surface area contributed by atoms with Crippen LogP contribution in [0.1, 0.15) is 101 Å². The molecular formula is C26H49NO3. The molecule has 0 aromatic heterocycles. The molecule has 0 saturated heterocycles. The van der Waals surface area contributed by atoms with Crippen molar-refractivity contribution in [3.63, 3.8) is 0 Å². The van der Waals surface area contributed by atoms with E-state index in [4.69, 9.17) is 10.2 Å². The zero-order valence-corrected chi connectivity index (χ0v) is 21.6. The molecule has 1 atom stereocenters. The van der Waals surface area contributed by atoms with Crippen molar-refractivity contribution >= 4 is 6.09 Å². The average molecular weight is 424 g/mol. The zero-order valence-electron chi connectivity index (χ0n) is 21.6. The molecule has 1 amide bonds. The van der Waals surface area contributed by atoms with Gasteiger partial charge in [-0.1, -0.05) is 86.6 Å². The maximum Gasteiger partial charge on any atom is 0.405 e. The molecule has 1 aromatic carbocycles. The van der Waals surface area contributed by atoms with Gasteiger partial charge in [-0.15, -0.1) is 0 Å². The smallest absolute Gasteiger partial charge is 0.405 e. The molecular weight excluding hydrogens is 374 g/mol. The summed E-state index contributed by atoms with van der Waals surface area (Å²) in [5.41, 5.74) is 1.70. The zero-order chi connectivity index (χ0) is 24.3. The first-order chi connectivity index (χ1) is 13.4. The molecule has 3 N–H and O–H groups in total. The van der Waals surface area contributed by atoms with Gasteiger partial charge in [0.25, 0.3) is 0 Å². The Kier molecular flexibility index (Phi) is 14.0. The summed E-state index contributed by atoms with van der Waals surface area (Å²) in [5.74, 6) is 1.97. The Hall–Kier alpha value is -1.55. The number of nitrogens with one attached hydrogen (secondary N) is 1. The molecule has 0 bridgehead atoms. The molecule has 0 spiro atoms. The first-order valence-corrected chi connectivity index (χ1v) is 11.2. The molecule has 0 radical (unpaired) electrons. The van der Waals surface area contributed by atoms with Crippen molar-refractivity contribution in [2.75, 3.05) is 0 Å². The van der Waals surface area contributed by atoms with Crippen LogP contribution in [0.3, 0.4) is 0 Å². The second kappa shape index (κ2) is 13.7. The highest BCUT2D eigenvalue weighted by Gasteiger charge is 2.28. The van der Waals surface area contributed by atoms with Crippen LogP contribution in [-0.2, 0) is 11.0 Å². The minimum Gasteiger partial charge on any atom is -0.465 e. The van der Waals surface area contributed by atoms with E-state index in [1.165, 1.54) is 5.56 Å². The molecule has 1 rings (SSSR count). The van der Waals surface area contributed by atoms with Crippen LogP contribution < -0.4 is 5.32 Å². The Balaban J connectivity index is 0.